The van der Waals surface area contributed by atoms with Crippen LogP contribution in [0.4, 0.5) is 0 Å². The van der Waals surface area contributed by atoms with Crippen LogP contribution in [0.5, 0.6) is 5.75 Å². The summed E-state index contributed by atoms with van der Waals surface area (Å²) in [4.78, 5) is 11.9. The van der Waals surface area contributed by atoms with Gasteiger partial charge < -0.3 is 4.74 Å². The van der Waals surface area contributed by atoms with Crippen molar-refractivity contribution < 1.29 is 4.74 Å². The van der Waals surface area contributed by atoms with Crippen molar-refractivity contribution in [2.24, 2.45) is 0 Å². The summed E-state index contributed by atoms with van der Waals surface area (Å²) in [6.45, 7) is 4.41. The number of aromatic amines is 1. The molecule has 0 bridgehead atoms. The monoisotopic (exact) mass is 372 g/mol. The molecule has 1 heterocycles. The van der Waals surface area contributed by atoms with Crippen LogP contribution in [0.3, 0.4) is 0 Å². The fraction of sp³-hybridized carbons (Fsp3) is 0.136. The Balaban J connectivity index is 1.61. The second-order valence-corrected chi connectivity index (χ2v) is 6.64. The number of rotatable bonds is 5. The fourth-order valence-electron chi connectivity index (χ4n) is 3.16. The van der Waals surface area contributed by atoms with Crippen LogP contribution in [0, 0.1) is 13.8 Å². The first-order chi connectivity index (χ1) is 13.6. The highest BCUT2D eigenvalue weighted by Crippen LogP contribution is 2.28. The number of benzene rings is 3. The lowest BCUT2D eigenvalue weighted by Gasteiger charge is -2.15. The molecular formula is C22H20N4O2. The van der Waals surface area contributed by atoms with Gasteiger partial charge in [-0.1, -0.05) is 60.7 Å². The van der Waals surface area contributed by atoms with Gasteiger partial charge in [-0.2, -0.15) is 4.68 Å². The van der Waals surface area contributed by atoms with E-state index in [1.807, 2.05) is 37.3 Å². The molecule has 6 nitrogen and oxygen atoms in total. The molecule has 0 aliphatic heterocycles. The molecule has 4 aromatic rings. The van der Waals surface area contributed by atoms with E-state index >= 15 is 0 Å². The Morgan fingerprint density at radius 2 is 1.75 bits per heavy atom. The van der Waals surface area contributed by atoms with Crippen molar-refractivity contribution in [3.63, 3.8) is 0 Å². The second kappa shape index (κ2) is 7.52. The third-order valence-corrected chi connectivity index (χ3v) is 4.71. The van der Waals surface area contributed by atoms with Gasteiger partial charge in [0.15, 0.2) is 0 Å². The summed E-state index contributed by atoms with van der Waals surface area (Å²) in [6, 6.07) is 22.2. The van der Waals surface area contributed by atoms with Crippen LogP contribution >= 0.6 is 0 Å². The van der Waals surface area contributed by atoms with Gasteiger partial charge in [0.2, 0.25) is 0 Å². The molecule has 4 rings (SSSR count). The summed E-state index contributed by atoms with van der Waals surface area (Å²) >= 11 is 0. The van der Waals surface area contributed by atoms with Gasteiger partial charge in [0.05, 0.1) is 0 Å². The maximum absolute atomic E-state index is 11.9. The smallest absolute Gasteiger partial charge is 0.365 e. The van der Waals surface area contributed by atoms with E-state index in [9.17, 15) is 4.79 Å². The van der Waals surface area contributed by atoms with Crippen molar-refractivity contribution in [3.05, 3.63) is 93.9 Å². The number of hydrogen-bond acceptors (Lipinski definition) is 4. The number of nitrogens with zero attached hydrogens (tertiary/aromatic N) is 3. The van der Waals surface area contributed by atoms with Crippen LogP contribution in [-0.2, 0) is 6.61 Å². The highest BCUT2D eigenvalue weighted by Gasteiger charge is 2.13. The van der Waals surface area contributed by atoms with Gasteiger partial charge in [0.1, 0.15) is 18.0 Å². The Labute approximate surface area is 162 Å². The summed E-state index contributed by atoms with van der Waals surface area (Å²) in [5.74, 6) is 0.616. The normalized spacial score (nSPS) is 10.8. The first-order valence-corrected chi connectivity index (χ1v) is 9.01. The van der Waals surface area contributed by atoms with E-state index in [0.717, 1.165) is 16.7 Å². The SMILES string of the molecule is Cc1cc(-c2ccccc2)ccc1COc1c(C)cccc1-n1nn[nH]c1=O. The third kappa shape index (κ3) is 3.44. The van der Waals surface area contributed by atoms with Gasteiger partial charge in [-0.25, -0.2) is 9.89 Å². The van der Waals surface area contributed by atoms with E-state index < -0.39 is 5.69 Å². The van der Waals surface area contributed by atoms with Crippen LogP contribution < -0.4 is 10.4 Å². The van der Waals surface area contributed by atoms with E-state index in [1.165, 1.54) is 15.8 Å². The summed E-state index contributed by atoms with van der Waals surface area (Å²) in [5.41, 5.74) is 5.68. The Bertz CT molecular complexity index is 1160. The Morgan fingerprint density at radius 3 is 2.46 bits per heavy atom. The molecule has 0 radical (unpaired) electrons. The van der Waals surface area contributed by atoms with Gasteiger partial charge in [-0.3, -0.25) is 0 Å². The molecule has 140 valence electrons. The standard InChI is InChI=1S/C22H20N4O2/c1-15-7-6-10-20(26-22(27)23-24-25-26)21(15)28-14-19-12-11-18(13-16(19)2)17-8-4-3-5-9-17/h3-13H,14H2,1-2H3,(H,23,25,27). The zero-order chi connectivity index (χ0) is 19.5. The zero-order valence-electron chi connectivity index (χ0n) is 15.7. The zero-order valence-corrected chi connectivity index (χ0v) is 15.7. The number of aryl methyl sites for hydroxylation is 2. The molecule has 1 aromatic heterocycles. The van der Waals surface area contributed by atoms with Crippen molar-refractivity contribution >= 4 is 0 Å². The number of H-pyrrole nitrogens is 1. The molecule has 0 spiro atoms. The minimum atomic E-state index is -0.404. The van der Waals surface area contributed by atoms with Gasteiger partial charge >= 0.3 is 5.69 Å². The lowest BCUT2D eigenvalue weighted by Crippen LogP contribution is -2.17. The molecule has 3 aromatic carbocycles. The molecule has 0 aliphatic rings. The molecule has 0 saturated heterocycles. The largest absolute Gasteiger partial charge is 0.486 e. The summed E-state index contributed by atoms with van der Waals surface area (Å²) in [5, 5.41) is 9.69. The predicted molar refractivity (Wildman–Crippen MR) is 108 cm³/mol. The number of para-hydroxylation sites is 1. The topological polar surface area (TPSA) is 72.8 Å². The van der Waals surface area contributed by atoms with Crippen molar-refractivity contribution in [1.29, 1.82) is 0 Å². The van der Waals surface area contributed by atoms with Crippen LogP contribution in [0.2, 0.25) is 0 Å². The Hall–Kier alpha value is -3.67. The average Bonchev–Trinajstić information content (AvgIpc) is 3.14. The fourth-order valence-corrected chi connectivity index (χ4v) is 3.16. The highest BCUT2D eigenvalue weighted by molar-refractivity contribution is 5.64. The van der Waals surface area contributed by atoms with Crippen LogP contribution in [0.25, 0.3) is 16.8 Å². The summed E-state index contributed by atoms with van der Waals surface area (Å²) < 4.78 is 7.32. The van der Waals surface area contributed by atoms with Gasteiger partial charge in [-0.15, -0.1) is 0 Å². The number of aromatic nitrogens is 4. The van der Waals surface area contributed by atoms with E-state index in [2.05, 4.69) is 52.8 Å². The van der Waals surface area contributed by atoms with Gasteiger partial charge in [-0.05, 0) is 58.2 Å². The van der Waals surface area contributed by atoms with E-state index in [1.54, 1.807) is 6.07 Å². The molecule has 0 saturated carbocycles. The molecule has 0 fully saturated rings. The molecule has 28 heavy (non-hydrogen) atoms. The van der Waals surface area contributed by atoms with Crippen molar-refractivity contribution in [1.82, 2.24) is 20.2 Å². The molecule has 0 aliphatic carbocycles. The minimum Gasteiger partial charge on any atom is -0.486 e. The Kier molecular flexibility index (Phi) is 4.76. The maximum atomic E-state index is 11.9. The van der Waals surface area contributed by atoms with Crippen molar-refractivity contribution in [3.8, 4) is 22.6 Å². The molecular weight excluding hydrogens is 352 g/mol. The number of tetrazole rings is 1. The summed E-state index contributed by atoms with van der Waals surface area (Å²) in [7, 11) is 0. The van der Waals surface area contributed by atoms with Crippen LogP contribution in [0.15, 0.2) is 71.5 Å². The van der Waals surface area contributed by atoms with E-state index in [0.29, 0.717) is 18.0 Å². The van der Waals surface area contributed by atoms with Crippen molar-refractivity contribution in [2.45, 2.75) is 20.5 Å². The maximum Gasteiger partial charge on any atom is 0.365 e. The lowest BCUT2D eigenvalue weighted by molar-refractivity contribution is 0.301. The second-order valence-electron chi connectivity index (χ2n) is 6.64. The molecule has 6 heteroatoms. The van der Waals surface area contributed by atoms with Crippen LogP contribution in [0.1, 0.15) is 16.7 Å². The highest BCUT2D eigenvalue weighted by atomic mass is 16.5. The molecule has 1 N–H and O–H groups in total. The number of nitrogens with one attached hydrogen (secondary N) is 1. The molecule has 0 atom stereocenters. The summed E-state index contributed by atoms with van der Waals surface area (Å²) in [6.07, 6.45) is 0. The van der Waals surface area contributed by atoms with E-state index in [-0.39, 0.29) is 0 Å². The first kappa shape index (κ1) is 17.7. The molecule has 0 amide bonds. The molecule has 0 unspecified atom stereocenters. The van der Waals surface area contributed by atoms with Crippen LogP contribution in [-0.4, -0.2) is 20.2 Å². The Morgan fingerprint density at radius 1 is 0.929 bits per heavy atom. The van der Waals surface area contributed by atoms with Gasteiger partial charge in [0, 0.05) is 0 Å². The number of hydrogen-bond donors (Lipinski definition) is 1. The predicted octanol–water partition coefficient (Wildman–Crippen LogP) is 3.82. The minimum absolute atomic E-state index is 0.394. The first-order valence-electron chi connectivity index (χ1n) is 9.01. The average molecular weight is 372 g/mol. The lowest BCUT2D eigenvalue weighted by atomic mass is 10.0. The van der Waals surface area contributed by atoms with E-state index in [4.69, 9.17) is 4.74 Å². The third-order valence-electron chi connectivity index (χ3n) is 4.71. The van der Waals surface area contributed by atoms with Gasteiger partial charge in [0.25, 0.3) is 0 Å². The van der Waals surface area contributed by atoms with Crippen molar-refractivity contribution in [2.75, 3.05) is 0 Å². The number of ether oxygens (including phenoxy) is 1. The quantitative estimate of drug-likeness (QED) is 0.578.